The first-order valence-electron chi connectivity index (χ1n) is 15.3. The molecule has 5 heterocycles. The van der Waals surface area contributed by atoms with E-state index in [1.807, 2.05) is 46.8 Å². The molecule has 1 aliphatic heterocycles. The van der Waals surface area contributed by atoms with E-state index in [4.69, 9.17) is 5.10 Å². The lowest BCUT2D eigenvalue weighted by Crippen LogP contribution is -2.33. The van der Waals surface area contributed by atoms with Gasteiger partial charge in [-0.25, -0.2) is 9.31 Å². The summed E-state index contributed by atoms with van der Waals surface area (Å²) in [5, 5.41) is 19.5. The maximum absolute atomic E-state index is 12.7. The van der Waals surface area contributed by atoms with Gasteiger partial charge in [-0.3, -0.25) is 9.58 Å². The molecule has 220 valence electrons. The minimum absolute atomic E-state index is 0.444. The number of carboxylic acid groups (broad SMARTS) is 1. The van der Waals surface area contributed by atoms with E-state index in [0.717, 1.165) is 64.8 Å². The lowest BCUT2D eigenvalue weighted by atomic mass is 9.75. The molecule has 0 spiro atoms. The van der Waals surface area contributed by atoms with E-state index < -0.39 is 5.97 Å². The Morgan fingerprint density at radius 2 is 1.84 bits per heavy atom. The summed E-state index contributed by atoms with van der Waals surface area (Å²) in [4.78, 5) is 16.6. The average Bonchev–Trinajstić information content (AvgIpc) is 3.76. The second-order valence-corrected chi connectivity index (χ2v) is 13.3. The van der Waals surface area contributed by atoms with Gasteiger partial charge in [0.15, 0.2) is 0 Å². The van der Waals surface area contributed by atoms with Crippen molar-refractivity contribution in [2.75, 3.05) is 13.1 Å². The molecule has 7 nitrogen and oxygen atoms in total. The van der Waals surface area contributed by atoms with Gasteiger partial charge >= 0.3 is 5.97 Å². The summed E-state index contributed by atoms with van der Waals surface area (Å²) in [6.07, 6.45) is 11.9. The largest absolute Gasteiger partial charge is 0.477 e. The molecule has 0 bridgehead atoms. The molecule has 43 heavy (non-hydrogen) atoms. The predicted octanol–water partition coefficient (Wildman–Crippen LogP) is 7.65. The lowest BCUT2D eigenvalue weighted by molar-refractivity contribution is 0.0701. The SMILES string of the molecule is CC1CCC(C2=C(c3cc(-c4ccc(-c5cc6ccccn6n5)cc4)sc3C(=O)O)CN(Cc3cnn(C)c3)CC2)CC1. The molecule has 4 aromatic heterocycles. The smallest absolute Gasteiger partial charge is 0.346 e. The minimum Gasteiger partial charge on any atom is -0.477 e. The first-order valence-corrected chi connectivity index (χ1v) is 16.1. The van der Waals surface area contributed by atoms with Gasteiger partial charge in [-0.05, 0) is 66.5 Å². The number of benzene rings is 1. The number of aromatic carboxylic acids is 1. The van der Waals surface area contributed by atoms with Gasteiger partial charge in [0.25, 0.3) is 0 Å². The van der Waals surface area contributed by atoms with Crippen LogP contribution in [0.2, 0.25) is 0 Å². The van der Waals surface area contributed by atoms with Crippen LogP contribution in [0.15, 0.2) is 78.8 Å². The van der Waals surface area contributed by atoms with Crippen LogP contribution < -0.4 is 0 Å². The van der Waals surface area contributed by atoms with Crippen LogP contribution >= 0.6 is 11.3 Å². The summed E-state index contributed by atoms with van der Waals surface area (Å²) in [7, 11) is 1.95. The number of thiophene rings is 1. The van der Waals surface area contributed by atoms with Crippen molar-refractivity contribution in [3.63, 3.8) is 0 Å². The number of carboxylic acids is 1. The van der Waals surface area contributed by atoms with Crippen LogP contribution in [0.5, 0.6) is 0 Å². The molecule has 2 aliphatic rings. The first-order chi connectivity index (χ1) is 20.9. The Kier molecular flexibility index (Phi) is 7.49. The second-order valence-electron chi connectivity index (χ2n) is 12.3. The van der Waals surface area contributed by atoms with Crippen molar-refractivity contribution in [2.45, 2.75) is 45.6 Å². The highest BCUT2D eigenvalue weighted by Gasteiger charge is 2.31. The molecular formula is C35H37N5O2S. The molecule has 1 aliphatic carbocycles. The molecular weight excluding hydrogens is 554 g/mol. The number of hydrogen-bond acceptors (Lipinski definition) is 5. The van der Waals surface area contributed by atoms with Gasteiger partial charge in [-0.2, -0.15) is 10.2 Å². The summed E-state index contributed by atoms with van der Waals surface area (Å²) in [6.45, 7) is 4.93. The van der Waals surface area contributed by atoms with Crippen molar-refractivity contribution in [2.24, 2.45) is 18.9 Å². The Bertz CT molecular complexity index is 1770. The van der Waals surface area contributed by atoms with Gasteiger partial charge in [0.05, 0.1) is 17.4 Å². The Hall–Kier alpha value is -4.01. The van der Waals surface area contributed by atoms with Gasteiger partial charge in [-0.1, -0.05) is 55.7 Å². The maximum Gasteiger partial charge on any atom is 0.346 e. The zero-order chi connectivity index (χ0) is 29.5. The van der Waals surface area contributed by atoms with Crippen LogP contribution in [-0.2, 0) is 13.6 Å². The number of rotatable bonds is 7. The zero-order valence-corrected chi connectivity index (χ0v) is 25.6. The third-order valence-corrected chi connectivity index (χ3v) is 10.4. The van der Waals surface area contributed by atoms with Gasteiger partial charge in [0, 0.05) is 60.6 Å². The van der Waals surface area contributed by atoms with Crippen LogP contribution in [0.1, 0.15) is 59.8 Å². The van der Waals surface area contributed by atoms with Crippen molar-refractivity contribution >= 4 is 28.4 Å². The number of fused-ring (bicyclic) bond motifs is 1. The summed E-state index contributed by atoms with van der Waals surface area (Å²) in [5.74, 6) is 0.472. The van der Waals surface area contributed by atoms with E-state index in [1.165, 1.54) is 53.7 Å². The predicted molar refractivity (Wildman–Crippen MR) is 172 cm³/mol. The average molecular weight is 592 g/mol. The highest BCUT2D eigenvalue weighted by atomic mass is 32.1. The van der Waals surface area contributed by atoms with Gasteiger partial charge in [-0.15, -0.1) is 11.3 Å². The van der Waals surface area contributed by atoms with E-state index in [2.05, 4.69) is 59.5 Å². The number of carbonyl (C=O) groups is 1. The number of aromatic nitrogens is 4. The van der Waals surface area contributed by atoms with E-state index in [9.17, 15) is 9.90 Å². The van der Waals surface area contributed by atoms with Crippen LogP contribution in [0, 0.1) is 11.8 Å². The van der Waals surface area contributed by atoms with Crippen molar-refractivity contribution in [3.05, 3.63) is 94.8 Å². The fourth-order valence-electron chi connectivity index (χ4n) is 6.90. The molecule has 1 aromatic carbocycles. The molecule has 8 heteroatoms. The molecule has 7 rings (SSSR count). The maximum atomic E-state index is 12.7. The van der Waals surface area contributed by atoms with Crippen molar-refractivity contribution in [3.8, 4) is 21.7 Å². The van der Waals surface area contributed by atoms with Crippen LogP contribution in [0.3, 0.4) is 0 Å². The number of hydrogen-bond donors (Lipinski definition) is 1. The third kappa shape index (κ3) is 5.69. The number of pyridine rings is 1. The Balaban J connectivity index is 1.23. The molecule has 0 unspecified atom stereocenters. The fraction of sp³-hybridized carbons (Fsp3) is 0.343. The van der Waals surface area contributed by atoms with Crippen molar-refractivity contribution in [1.29, 1.82) is 0 Å². The number of aryl methyl sites for hydroxylation is 1. The summed E-state index contributed by atoms with van der Waals surface area (Å²) >= 11 is 1.39. The Labute approximate surface area is 256 Å². The summed E-state index contributed by atoms with van der Waals surface area (Å²) in [5.41, 5.74) is 8.86. The summed E-state index contributed by atoms with van der Waals surface area (Å²) < 4.78 is 3.73. The Morgan fingerprint density at radius 3 is 2.56 bits per heavy atom. The van der Waals surface area contributed by atoms with Crippen LogP contribution in [0.25, 0.3) is 32.8 Å². The fourth-order valence-corrected chi connectivity index (χ4v) is 7.93. The zero-order valence-electron chi connectivity index (χ0n) is 24.7. The van der Waals surface area contributed by atoms with Gasteiger partial charge in [0.1, 0.15) is 4.88 Å². The quantitative estimate of drug-likeness (QED) is 0.210. The third-order valence-electron chi connectivity index (χ3n) is 9.23. The minimum atomic E-state index is -0.846. The molecule has 5 aromatic rings. The topological polar surface area (TPSA) is 75.7 Å². The Morgan fingerprint density at radius 1 is 1.05 bits per heavy atom. The van der Waals surface area contributed by atoms with Gasteiger partial charge < -0.3 is 5.11 Å². The van der Waals surface area contributed by atoms with E-state index in [0.29, 0.717) is 10.8 Å². The van der Waals surface area contributed by atoms with Crippen LogP contribution in [-0.4, -0.2) is 48.5 Å². The molecule has 0 amide bonds. The first kappa shape index (κ1) is 27.8. The molecule has 0 saturated heterocycles. The lowest BCUT2D eigenvalue weighted by Gasteiger charge is -2.36. The molecule has 1 saturated carbocycles. The van der Waals surface area contributed by atoms with E-state index in [1.54, 1.807) is 0 Å². The normalized spacial score (nSPS) is 19.8. The van der Waals surface area contributed by atoms with Gasteiger partial charge in [0.2, 0.25) is 0 Å². The van der Waals surface area contributed by atoms with Crippen LogP contribution in [0.4, 0.5) is 0 Å². The standard InChI is InChI=1S/C35H37N5O2S/c1-23-6-8-25(9-7-23)29-14-16-39(21-24-19-36-38(2)20-24)22-31(29)30-18-33(43-34(30)35(41)42)27-12-10-26(11-13-27)32-17-28-5-3-4-15-40(28)37-32/h3-5,10-13,15,17-20,23,25H,6-9,14,16,21-22H2,1-2H3,(H,41,42). The van der Waals surface area contributed by atoms with Crippen molar-refractivity contribution in [1.82, 2.24) is 24.3 Å². The monoisotopic (exact) mass is 591 g/mol. The molecule has 0 atom stereocenters. The molecule has 0 radical (unpaired) electrons. The molecule has 1 N–H and O–H groups in total. The van der Waals surface area contributed by atoms with Crippen molar-refractivity contribution < 1.29 is 9.90 Å². The highest BCUT2D eigenvalue weighted by molar-refractivity contribution is 7.17. The summed E-state index contributed by atoms with van der Waals surface area (Å²) in [6, 6.07) is 18.6. The second kappa shape index (κ2) is 11.6. The number of nitrogens with zero attached hydrogens (tertiary/aromatic N) is 5. The highest BCUT2D eigenvalue weighted by Crippen LogP contribution is 2.44. The molecule has 1 fully saturated rings. The van der Waals surface area contributed by atoms with E-state index >= 15 is 0 Å². The van der Waals surface area contributed by atoms with E-state index in [-0.39, 0.29) is 0 Å².